The second-order valence-electron chi connectivity index (χ2n) is 4.53. The molecule has 1 unspecified atom stereocenters. The summed E-state index contributed by atoms with van der Waals surface area (Å²) in [4.78, 5) is 22.8. The van der Waals surface area contributed by atoms with E-state index in [0.717, 1.165) is 5.75 Å². The summed E-state index contributed by atoms with van der Waals surface area (Å²) in [6, 6.07) is 6.63. The predicted molar refractivity (Wildman–Crippen MR) is 81.0 cm³/mol. The van der Waals surface area contributed by atoms with Crippen LogP contribution in [0.15, 0.2) is 24.3 Å². The summed E-state index contributed by atoms with van der Waals surface area (Å²) in [5, 5.41) is 5.56. The van der Waals surface area contributed by atoms with E-state index in [4.69, 9.17) is 0 Å². The number of ketones is 1. The van der Waals surface area contributed by atoms with Crippen LogP contribution < -0.4 is 10.6 Å². The number of rotatable bonds is 6. The lowest BCUT2D eigenvalue weighted by atomic mass is 10.1. The Bertz CT molecular complexity index is 432. The molecule has 1 rings (SSSR count). The van der Waals surface area contributed by atoms with Crippen molar-refractivity contribution in [1.29, 1.82) is 0 Å². The first kappa shape index (κ1) is 15.6. The number of carbonyl (C=O) groups excluding carboxylic acids is 2. The Labute approximate surface area is 118 Å². The zero-order valence-electron chi connectivity index (χ0n) is 11.5. The minimum absolute atomic E-state index is 0.0156. The minimum Gasteiger partial charge on any atom is -0.338 e. The van der Waals surface area contributed by atoms with Crippen LogP contribution in [0.25, 0.3) is 0 Å². The average molecular weight is 280 g/mol. The van der Waals surface area contributed by atoms with E-state index in [1.807, 2.05) is 6.26 Å². The van der Waals surface area contributed by atoms with E-state index in [0.29, 0.717) is 23.7 Å². The molecule has 5 heteroatoms. The van der Waals surface area contributed by atoms with Crippen LogP contribution in [0, 0.1) is 5.92 Å². The molecule has 104 valence electrons. The number of carbonyl (C=O) groups is 2. The third kappa shape index (κ3) is 5.79. The molecule has 2 amide bonds. The van der Waals surface area contributed by atoms with E-state index in [-0.39, 0.29) is 11.8 Å². The molecule has 0 saturated carbocycles. The molecular weight excluding hydrogens is 260 g/mol. The number of hydrogen-bond acceptors (Lipinski definition) is 3. The minimum atomic E-state index is -0.219. The third-order valence-electron chi connectivity index (χ3n) is 2.61. The molecule has 0 aromatic heterocycles. The summed E-state index contributed by atoms with van der Waals surface area (Å²) in [5.74, 6) is 1.48. The Morgan fingerprint density at radius 2 is 1.89 bits per heavy atom. The standard InChI is InChI=1S/C14H20N2O2S/c1-10(9-19-3)8-15-14(18)16-13-6-4-12(5-7-13)11(2)17/h4-7,10H,8-9H2,1-3H3,(H2,15,16,18). The highest BCUT2D eigenvalue weighted by Crippen LogP contribution is 2.10. The van der Waals surface area contributed by atoms with Crippen molar-refractivity contribution in [3.8, 4) is 0 Å². The van der Waals surface area contributed by atoms with Gasteiger partial charge < -0.3 is 10.6 Å². The summed E-state index contributed by atoms with van der Waals surface area (Å²) in [6.07, 6.45) is 2.05. The van der Waals surface area contributed by atoms with Gasteiger partial charge in [-0.3, -0.25) is 4.79 Å². The number of benzene rings is 1. The van der Waals surface area contributed by atoms with Gasteiger partial charge in [0.05, 0.1) is 0 Å². The van der Waals surface area contributed by atoms with Crippen LogP contribution in [0.4, 0.5) is 10.5 Å². The zero-order valence-corrected chi connectivity index (χ0v) is 12.3. The molecule has 0 radical (unpaired) electrons. The second-order valence-corrected chi connectivity index (χ2v) is 5.44. The van der Waals surface area contributed by atoms with Crippen molar-refractivity contribution in [3.05, 3.63) is 29.8 Å². The summed E-state index contributed by atoms with van der Waals surface area (Å²) in [7, 11) is 0. The van der Waals surface area contributed by atoms with Gasteiger partial charge in [-0.25, -0.2) is 4.79 Å². The Morgan fingerprint density at radius 3 is 2.42 bits per heavy atom. The maximum Gasteiger partial charge on any atom is 0.319 e. The quantitative estimate of drug-likeness (QED) is 0.788. The summed E-state index contributed by atoms with van der Waals surface area (Å²) in [6.45, 7) is 4.26. The average Bonchev–Trinajstić information content (AvgIpc) is 2.37. The normalized spacial score (nSPS) is 11.7. The van der Waals surface area contributed by atoms with Crippen LogP contribution in [-0.4, -0.2) is 30.4 Å². The first-order valence-electron chi connectivity index (χ1n) is 6.17. The van der Waals surface area contributed by atoms with E-state index in [2.05, 4.69) is 17.6 Å². The fourth-order valence-electron chi connectivity index (χ4n) is 1.57. The van der Waals surface area contributed by atoms with E-state index >= 15 is 0 Å². The van der Waals surface area contributed by atoms with Crippen LogP contribution in [0.5, 0.6) is 0 Å². The molecule has 0 fully saturated rings. The molecule has 0 aliphatic carbocycles. The van der Waals surface area contributed by atoms with Crippen molar-refractivity contribution < 1.29 is 9.59 Å². The second kappa shape index (κ2) is 7.84. The summed E-state index contributed by atoms with van der Waals surface area (Å²) in [5.41, 5.74) is 1.32. The number of thioether (sulfide) groups is 1. The van der Waals surface area contributed by atoms with E-state index in [9.17, 15) is 9.59 Å². The first-order valence-corrected chi connectivity index (χ1v) is 7.57. The molecule has 4 nitrogen and oxygen atoms in total. The lowest BCUT2D eigenvalue weighted by Gasteiger charge is -2.12. The Hall–Kier alpha value is -1.49. The van der Waals surface area contributed by atoms with Gasteiger partial charge in [-0.15, -0.1) is 0 Å². The number of anilines is 1. The van der Waals surface area contributed by atoms with Crippen LogP contribution in [0.1, 0.15) is 24.2 Å². The predicted octanol–water partition coefficient (Wildman–Crippen LogP) is 3.01. The van der Waals surface area contributed by atoms with Crippen molar-refractivity contribution in [2.24, 2.45) is 5.92 Å². The van der Waals surface area contributed by atoms with Gasteiger partial charge in [0.15, 0.2) is 5.78 Å². The highest BCUT2D eigenvalue weighted by atomic mass is 32.2. The first-order chi connectivity index (χ1) is 9.02. The Balaban J connectivity index is 2.42. The van der Waals surface area contributed by atoms with Gasteiger partial charge in [-0.05, 0) is 49.1 Å². The van der Waals surface area contributed by atoms with Gasteiger partial charge in [-0.1, -0.05) is 6.92 Å². The molecule has 1 aromatic rings. The van der Waals surface area contributed by atoms with Crippen LogP contribution in [-0.2, 0) is 0 Å². The van der Waals surface area contributed by atoms with Crippen molar-refractivity contribution in [2.75, 3.05) is 23.9 Å². The molecule has 0 aliphatic rings. The molecule has 1 atom stereocenters. The fourth-order valence-corrected chi connectivity index (χ4v) is 2.26. The van der Waals surface area contributed by atoms with Crippen molar-refractivity contribution in [2.45, 2.75) is 13.8 Å². The molecule has 19 heavy (non-hydrogen) atoms. The zero-order chi connectivity index (χ0) is 14.3. The van der Waals surface area contributed by atoms with Gasteiger partial charge in [-0.2, -0.15) is 11.8 Å². The summed E-state index contributed by atoms with van der Waals surface area (Å²) >= 11 is 1.77. The largest absolute Gasteiger partial charge is 0.338 e. The van der Waals surface area contributed by atoms with Crippen molar-refractivity contribution >= 4 is 29.3 Å². The lowest BCUT2D eigenvalue weighted by Crippen LogP contribution is -2.32. The number of urea groups is 1. The van der Waals surface area contributed by atoms with Crippen LogP contribution in [0.2, 0.25) is 0 Å². The maximum atomic E-state index is 11.6. The molecule has 0 saturated heterocycles. The van der Waals surface area contributed by atoms with Gasteiger partial charge in [0.1, 0.15) is 0 Å². The molecule has 0 bridgehead atoms. The maximum absolute atomic E-state index is 11.6. The number of nitrogens with one attached hydrogen (secondary N) is 2. The Kier molecular flexibility index (Phi) is 6.42. The van der Waals surface area contributed by atoms with Gasteiger partial charge in [0.2, 0.25) is 0 Å². The third-order valence-corrected chi connectivity index (χ3v) is 3.51. The molecule has 1 aromatic carbocycles. The van der Waals surface area contributed by atoms with E-state index in [1.165, 1.54) is 6.92 Å². The molecule has 0 aliphatic heterocycles. The monoisotopic (exact) mass is 280 g/mol. The number of Topliss-reactive ketones (excluding diaryl/α,β-unsaturated/α-hetero) is 1. The fraction of sp³-hybridized carbons (Fsp3) is 0.429. The molecule has 2 N–H and O–H groups in total. The van der Waals surface area contributed by atoms with Crippen molar-refractivity contribution in [1.82, 2.24) is 5.32 Å². The summed E-state index contributed by atoms with van der Waals surface area (Å²) < 4.78 is 0. The SMILES string of the molecule is CSCC(C)CNC(=O)Nc1ccc(C(C)=O)cc1. The van der Waals surface area contributed by atoms with Crippen LogP contribution in [0.3, 0.4) is 0 Å². The van der Waals surface area contributed by atoms with E-state index in [1.54, 1.807) is 36.0 Å². The number of amides is 2. The highest BCUT2D eigenvalue weighted by molar-refractivity contribution is 7.98. The lowest BCUT2D eigenvalue weighted by molar-refractivity contribution is 0.101. The van der Waals surface area contributed by atoms with E-state index < -0.39 is 0 Å². The molecule has 0 heterocycles. The Morgan fingerprint density at radius 1 is 1.26 bits per heavy atom. The molecule has 0 spiro atoms. The highest BCUT2D eigenvalue weighted by Gasteiger charge is 2.05. The van der Waals surface area contributed by atoms with Gasteiger partial charge in [0.25, 0.3) is 0 Å². The van der Waals surface area contributed by atoms with Crippen LogP contribution >= 0.6 is 11.8 Å². The number of hydrogen-bond donors (Lipinski definition) is 2. The van der Waals surface area contributed by atoms with Crippen molar-refractivity contribution in [3.63, 3.8) is 0 Å². The smallest absolute Gasteiger partial charge is 0.319 e. The molecular formula is C14H20N2O2S. The van der Waals surface area contributed by atoms with Gasteiger partial charge >= 0.3 is 6.03 Å². The topological polar surface area (TPSA) is 58.2 Å². The van der Waals surface area contributed by atoms with Gasteiger partial charge in [0, 0.05) is 17.8 Å².